The molecule has 3 aliphatic rings. The van der Waals surface area contributed by atoms with Crippen molar-refractivity contribution in [3.63, 3.8) is 0 Å². The zero-order valence-electron chi connectivity index (χ0n) is 18.1. The Kier molecular flexibility index (Phi) is 6.44. The molecule has 0 N–H and O–H groups in total. The summed E-state index contributed by atoms with van der Waals surface area (Å²) in [4.78, 5) is 2.36. The highest BCUT2D eigenvalue weighted by molar-refractivity contribution is 7.48. The molecule has 166 valence electrons. The van der Waals surface area contributed by atoms with Gasteiger partial charge in [-0.3, -0.25) is 9.05 Å². The van der Waals surface area contributed by atoms with E-state index in [-0.39, 0.29) is 11.5 Å². The number of hydrogen-bond donors (Lipinski definition) is 0. The van der Waals surface area contributed by atoms with Crippen LogP contribution in [-0.2, 0) is 23.6 Å². The maximum absolute atomic E-state index is 13.0. The van der Waals surface area contributed by atoms with E-state index in [0.717, 1.165) is 50.1 Å². The minimum absolute atomic E-state index is 0.0434. The van der Waals surface area contributed by atoms with Crippen LogP contribution in [0, 0.1) is 0 Å². The first-order chi connectivity index (χ1) is 14.5. The summed E-state index contributed by atoms with van der Waals surface area (Å²) in [5, 5.41) is 0. The van der Waals surface area contributed by atoms with Crippen molar-refractivity contribution in [2.45, 2.75) is 50.0 Å². The lowest BCUT2D eigenvalue weighted by atomic mass is 9.68. The van der Waals surface area contributed by atoms with Gasteiger partial charge in [-0.1, -0.05) is 6.07 Å². The van der Waals surface area contributed by atoms with Gasteiger partial charge < -0.3 is 18.9 Å². The van der Waals surface area contributed by atoms with Crippen LogP contribution in [0.4, 0.5) is 0 Å². The number of phosphoric acid groups is 1. The smallest absolute Gasteiger partial charge is 0.493 e. The maximum Gasteiger partial charge on any atom is 0.529 e. The molecule has 1 aromatic rings. The molecular weight excluding hydrogens is 405 g/mol. The summed E-state index contributed by atoms with van der Waals surface area (Å²) >= 11 is 0. The largest absolute Gasteiger partial charge is 0.529 e. The van der Waals surface area contributed by atoms with E-state index >= 15 is 0 Å². The molecule has 1 aromatic carbocycles. The van der Waals surface area contributed by atoms with Crippen LogP contribution >= 0.6 is 7.82 Å². The van der Waals surface area contributed by atoms with E-state index in [1.165, 1.54) is 5.56 Å². The second-order valence-electron chi connectivity index (χ2n) is 8.32. The zero-order chi connectivity index (χ0) is 21.2. The van der Waals surface area contributed by atoms with Gasteiger partial charge in [-0.15, -0.1) is 0 Å². The number of rotatable bonds is 5. The van der Waals surface area contributed by atoms with E-state index in [4.69, 9.17) is 23.0 Å². The van der Waals surface area contributed by atoms with E-state index in [1.807, 2.05) is 6.07 Å². The van der Waals surface area contributed by atoms with Gasteiger partial charge in [-0.2, -0.15) is 0 Å². The average molecular weight is 437 g/mol. The third kappa shape index (κ3) is 4.13. The predicted molar refractivity (Wildman–Crippen MR) is 114 cm³/mol. The number of ether oxygens (including phenoxy) is 2. The molecule has 2 aliphatic heterocycles. The molecule has 0 spiro atoms. The van der Waals surface area contributed by atoms with Crippen LogP contribution in [0.5, 0.6) is 11.5 Å². The van der Waals surface area contributed by atoms with Gasteiger partial charge in [0.2, 0.25) is 0 Å². The monoisotopic (exact) mass is 437 g/mol. The van der Waals surface area contributed by atoms with E-state index in [0.29, 0.717) is 25.4 Å². The normalized spacial score (nSPS) is 29.3. The van der Waals surface area contributed by atoms with Crippen LogP contribution in [0.1, 0.15) is 44.1 Å². The van der Waals surface area contributed by atoms with Crippen molar-refractivity contribution in [1.82, 2.24) is 4.90 Å². The summed E-state index contributed by atoms with van der Waals surface area (Å²) in [7, 11) is 1.90. The molecule has 30 heavy (non-hydrogen) atoms. The number of fused-ring (bicyclic) bond motifs is 1. The topological polar surface area (TPSA) is 66.5 Å². The molecule has 0 unspecified atom stereocenters. The van der Waals surface area contributed by atoms with Crippen molar-refractivity contribution in [1.29, 1.82) is 0 Å². The fourth-order valence-corrected chi connectivity index (χ4v) is 6.24. The van der Waals surface area contributed by atoms with Crippen LogP contribution in [0.2, 0.25) is 0 Å². The van der Waals surface area contributed by atoms with Crippen LogP contribution in [-0.4, -0.2) is 52.0 Å². The SMILES string of the molecule is COc1ccc([C@@]23CC=C(OP4(=O)OCCCCCO4)C[C@@H]2N(C)CC3)cc1OC. The molecule has 4 rings (SSSR count). The van der Waals surface area contributed by atoms with E-state index < -0.39 is 7.82 Å². The van der Waals surface area contributed by atoms with Gasteiger partial charge in [0.05, 0.1) is 27.4 Å². The van der Waals surface area contributed by atoms with Crippen LogP contribution in [0.15, 0.2) is 30.0 Å². The summed E-state index contributed by atoms with van der Waals surface area (Å²) in [5.74, 6) is 2.17. The third-order valence-corrected chi connectivity index (χ3v) is 8.10. The van der Waals surface area contributed by atoms with Crippen LogP contribution in [0.25, 0.3) is 0 Å². The molecule has 0 aromatic heterocycles. The Morgan fingerprint density at radius 2 is 1.83 bits per heavy atom. The first kappa shape index (κ1) is 21.7. The first-order valence-corrected chi connectivity index (χ1v) is 12.2. The summed E-state index contributed by atoms with van der Waals surface area (Å²) in [5.41, 5.74) is 1.19. The molecule has 0 bridgehead atoms. The Morgan fingerprint density at radius 1 is 1.10 bits per heavy atom. The third-order valence-electron chi connectivity index (χ3n) is 6.64. The van der Waals surface area contributed by atoms with Gasteiger partial charge in [0.1, 0.15) is 5.76 Å². The van der Waals surface area contributed by atoms with Crippen molar-refractivity contribution < 1.29 is 27.6 Å². The Balaban J connectivity index is 1.59. The molecule has 2 atom stereocenters. The van der Waals surface area contributed by atoms with Gasteiger partial charge in [0.25, 0.3) is 0 Å². The lowest BCUT2D eigenvalue weighted by Crippen LogP contribution is -2.43. The molecule has 1 aliphatic carbocycles. The Bertz CT molecular complexity index is 831. The minimum atomic E-state index is -3.55. The average Bonchev–Trinajstić information content (AvgIpc) is 3.08. The lowest BCUT2D eigenvalue weighted by molar-refractivity contribution is 0.108. The number of phosphoric ester groups is 1. The van der Waals surface area contributed by atoms with Crippen molar-refractivity contribution in [2.24, 2.45) is 0 Å². The van der Waals surface area contributed by atoms with Gasteiger partial charge in [-0.05, 0) is 69.5 Å². The molecule has 0 amide bonds. The molecule has 8 heteroatoms. The van der Waals surface area contributed by atoms with Crippen molar-refractivity contribution in [3.05, 3.63) is 35.6 Å². The van der Waals surface area contributed by atoms with Crippen LogP contribution in [0.3, 0.4) is 0 Å². The van der Waals surface area contributed by atoms with Gasteiger partial charge >= 0.3 is 7.82 Å². The number of likely N-dealkylation sites (N-methyl/N-ethyl adjacent to an activating group) is 1. The zero-order valence-corrected chi connectivity index (χ0v) is 19.0. The molecule has 2 fully saturated rings. The number of allylic oxidation sites excluding steroid dienone is 1. The quantitative estimate of drug-likeness (QED) is 0.621. The van der Waals surface area contributed by atoms with Crippen LogP contribution < -0.4 is 9.47 Å². The fraction of sp³-hybridized carbons (Fsp3) is 0.636. The Labute approximate surface area is 178 Å². The molecule has 0 radical (unpaired) electrons. The molecular formula is C22H32NO6P. The molecule has 0 saturated carbocycles. The Morgan fingerprint density at radius 3 is 2.53 bits per heavy atom. The number of benzene rings is 1. The first-order valence-electron chi connectivity index (χ1n) is 10.7. The van der Waals surface area contributed by atoms with Gasteiger partial charge in [-0.25, -0.2) is 4.57 Å². The van der Waals surface area contributed by atoms with Gasteiger partial charge in [0, 0.05) is 17.9 Å². The highest BCUT2D eigenvalue weighted by Crippen LogP contribution is 2.56. The summed E-state index contributed by atoms with van der Waals surface area (Å²) in [6, 6.07) is 6.43. The number of likely N-dealkylation sites (tertiary alicyclic amines) is 1. The van der Waals surface area contributed by atoms with Crippen molar-refractivity contribution in [2.75, 3.05) is 41.0 Å². The van der Waals surface area contributed by atoms with Gasteiger partial charge in [0.15, 0.2) is 11.5 Å². The molecule has 2 saturated heterocycles. The summed E-state index contributed by atoms with van der Waals surface area (Å²) in [6.45, 7) is 1.80. The van der Waals surface area contributed by atoms with Crippen molar-refractivity contribution in [3.8, 4) is 11.5 Å². The van der Waals surface area contributed by atoms with Crippen molar-refractivity contribution >= 4 is 7.82 Å². The summed E-state index contributed by atoms with van der Waals surface area (Å²) in [6.07, 6.45) is 7.35. The molecule has 2 heterocycles. The highest BCUT2D eigenvalue weighted by atomic mass is 31.2. The standard InChI is InChI=1S/C22H32NO6P/c1-23-12-11-22(17-7-8-19(25-2)20(15-17)26-3)10-9-18(16-21(22)23)29-30(24)27-13-5-4-6-14-28-30/h7-9,15,21H,4-6,10-14,16H2,1-3H3/t21-,22-/m0/s1. The second-order valence-corrected chi connectivity index (χ2v) is 9.91. The predicted octanol–water partition coefficient (Wildman–Crippen LogP) is 4.67. The number of nitrogens with zero attached hydrogens (tertiary/aromatic N) is 1. The minimum Gasteiger partial charge on any atom is -0.493 e. The summed E-state index contributed by atoms with van der Waals surface area (Å²) < 4.78 is 40.8. The lowest BCUT2D eigenvalue weighted by Gasteiger charge is -2.41. The maximum atomic E-state index is 13.0. The second kappa shape index (κ2) is 8.91. The van der Waals surface area contributed by atoms with E-state index in [2.05, 4.69) is 30.2 Å². The highest BCUT2D eigenvalue weighted by Gasteiger charge is 2.50. The Hall–Kier alpha value is -1.53. The number of methoxy groups -OCH3 is 2. The molecule has 7 nitrogen and oxygen atoms in total. The number of hydrogen-bond acceptors (Lipinski definition) is 7. The van der Waals surface area contributed by atoms with E-state index in [9.17, 15) is 4.57 Å². The fourth-order valence-electron chi connectivity index (χ4n) is 4.92. The van der Waals surface area contributed by atoms with E-state index in [1.54, 1.807) is 14.2 Å².